The molecular formula is C9H12N2O3. The first-order chi connectivity index (χ1) is 6.65. The fourth-order valence-electron chi connectivity index (χ4n) is 1.03. The number of carboxylic acid groups (broad SMARTS) is 1. The fourth-order valence-corrected chi connectivity index (χ4v) is 1.03. The van der Waals surface area contributed by atoms with Gasteiger partial charge in [0.1, 0.15) is 5.82 Å². The molecule has 1 aromatic heterocycles. The van der Waals surface area contributed by atoms with Crippen molar-refractivity contribution in [3.8, 4) is 5.88 Å². The standard InChI is InChI=1S/C9H12N2O3/c1-3-7-10-6(5-9(12)13)4-8(11-7)14-2/h4H,3,5H2,1-2H3,(H,12,13). The van der Waals surface area contributed by atoms with Gasteiger partial charge in [0.2, 0.25) is 5.88 Å². The van der Waals surface area contributed by atoms with Crippen molar-refractivity contribution in [3.63, 3.8) is 0 Å². The van der Waals surface area contributed by atoms with E-state index in [-0.39, 0.29) is 6.42 Å². The Hall–Kier alpha value is -1.65. The van der Waals surface area contributed by atoms with Crippen LogP contribution in [0.25, 0.3) is 0 Å². The van der Waals surface area contributed by atoms with E-state index in [1.54, 1.807) is 0 Å². The molecule has 0 aliphatic carbocycles. The van der Waals surface area contributed by atoms with Gasteiger partial charge in [-0.1, -0.05) is 6.92 Å². The average molecular weight is 196 g/mol. The SMILES string of the molecule is CCc1nc(CC(=O)O)cc(OC)n1. The zero-order chi connectivity index (χ0) is 10.6. The van der Waals surface area contributed by atoms with Gasteiger partial charge in [0, 0.05) is 12.5 Å². The molecule has 0 unspecified atom stereocenters. The second kappa shape index (κ2) is 4.55. The van der Waals surface area contributed by atoms with Gasteiger partial charge in [-0.15, -0.1) is 0 Å². The maximum atomic E-state index is 10.5. The monoisotopic (exact) mass is 196 g/mol. The number of carbonyl (C=O) groups is 1. The highest BCUT2D eigenvalue weighted by Gasteiger charge is 2.06. The van der Waals surface area contributed by atoms with Gasteiger partial charge in [0.25, 0.3) is 0 Å². The highest BCUT2D eigenvalue weighted by atomic mass is 16.5. The summed E-state index contributed by atoms with van der Waals surface area (Å²) < 4.78 is 4.93. The molecule has 76 valence electrons. The Bertz CT molecular complexity index is 317. The third-order valence-corrected chi connectivity index (χ3v) is 1.66. The number of ether oxygens (including phenoxy) is 1. The summed E-state index contributed by atoms with van der Waals surface area (Å²) in [5.74, 6) is 0.0986. The smallest absolute Gasteiger partial charge is 0.309 e. The molecule has 1 N–H and O–H groups in total. The van der Waals surface area contributed by atoms with Crippen molar-refractivity contribution in [2.45, 2.75) is 19.8 Å². The number of hydrogen-bond donors (Lipinski definition) is 1. The Morgan fingerprint density at radius 3 is 2.79 bits per heavy atom. The lowest BCUT2D eigenvalue weighted by atomic mass is 10.3. The Morgan fingerprint density at radius 1 is 1.57 bits per heavy atom. The molecule has 0 bridgehead atoms. The van der Waals surface area contributed by atoms with E-state index in [2.05, 4.69) is 9.97 Å². The number of carboxylic acids is 1. The first kappa shape index (κ1) is 10.4. The Kier molecular flexibility index (Phi) is 3.39. The van der Waals surface area contributed by atoms with Crippen LogP contribution in [-0.2, 0) is 17.6 Å². The van der Waals surface area contributed by atoms with Gasteiger partial charge in [-0.05, 0) is 0 Å². The number of nitrogens with zero attached hydrogens (tertiary/aromatic N) is 2. The summed E-state index contributed by atoms with van der Waals surface area (Å²) in [5.41, 5.74) is 0.473. The number of aliphatic carboxylic acids is 1. The fraction of sp³-hybridized carbons (Fsp3) is 0.444. The van der Waals surface area contributed by atoms with Crippen molar-refractivity contribution in [3.05, 3.63) is 17.6 Å². The van der Waals surface area contributed by atoms with Crippen molar-refractivity contribution >= 4 is 5.97 Å². The molecule has 1 aromatic rings. The number of methoxy groups -OCH3 is 1. The minimum Gasteiger partial charge on any atom is -0.481 e. The van der Waals surface area contributed by atoms with Crippen molar-refractivity contribution in [1.82, 2.24) is 9.97 Å². The topological polar surface area (TPSA) is 72.3 Å². The second-order valence-corrected chi connectivity index (χ2v) is 2.74. The normalized spacial score (nSPS) is 9.86. The van der Waals surface area contributed by atoms with Crippen LogP contribution in [-0.4, -0.2) is 28.2 Å². The molecule has 0 amide bonds. The minimum atomic E-state index is -0.909. The summed E-state index contributed by atoms with van der Waals surface area (Å²) in [6.07, 6.45) is 0.551. The van der Waals surface area contributed by atoms with Crippen molar-refractivity contribution in [2.24, 2.45) is 0 Å². The largest absolute Gasteiger partial charge is 0.481 e. The molecule has 0 radical (unpaired) electrons. The van der Waals surface area contributed by atoms with Crippen molar-refractivity contribution in [1.29, 1.82) is 0 Å². The molecule has 0 aliphatic heterocycles. The predicted molar refractivity (Wildman–Crippen MR) is 49.3 cm³/mol. The summed E-state index contributed by atoms with van der Waals surface area (Å²) in [4.78, 5) is 18.6. The molecule has 0 saturated carbocycles. The third kappa shape index (κ3) is 2.69. The molecule has 0 fully saturated rings. The molecule has 5 heteroatoms. The van der Waals surface area contributed by atoms with Gasteiger partial charge in [-0.25, -0.2) is 4.98 Å². The van der Waals surface area contributed by atoms with Gasteiger partial charge < -0.3 is 9.84 Å². The Morgan fingerprint density at radius 2 is 2.29 bits per heavy atom. The van der Waals surface area contributed by atoms with Crippen LogP contribution in [0.15, 0.2) is 6.07 Å². The maximum Gasteiger partial charge on any atom is 0.309 e. The summed E-state index contributed by atoms with van der Waals surface area (Å²) in [6.45, 7) is 1.90. The molecule has 5 nitrogen and oxygen atoms in total. The van der Waals surface area contributed by atoms with Crippen LogP contribution in [0.4, 0.5) is 0 Å². The highest BCUT2D eigenvalue weighted by Crippen LogP contribution is 2.09. The quantitative estimate of drug-likeness (QED) is 0.766. The molecule has 0 aliphatic rings. The van der Waals surface area contributed by atoms with Gasteiger partial charge in [0.05, 0.1) is 19.2 Å². The Balaban J connectivity index is 2.98. The summed E-state index contributed by atoms with van der Waals surface area (Å²) in [7, 11) is 1.49. The van der Waals surface area contributed by atoms with Crippen LogP contribution in [0.3, 0.4) is 0 Å². The number of aromatic nitrogens is 2. The average Bonchev–Trinajstić information content (AvgIpc) is 2.16. The predicted octanol–water partition coefficient (Wildman–Crippen LogP) is 0.675. The molecule has 1 rings (SSSR count). The van der Waals surface area contributed by atoms with Gasteiger partial charge in [-0.3, -0.25) is 4.79 Å². The molecule has 0 atom stereocenters. The van der Waals surface area contributed by atoms with E-state index >= 15 is 0 Å². The van der Waals surface area contributed by atoms with Crippen molar-refractivity contribution in [2.75, 3.05) is 7.11 Å². The zero-order valence-electron chi connectivity index (χ0n) is 8.15. The molecule has 1 heterocycles. The van der Waals surface area contributed by atoms with Crippen LogP contribution in [0.5, 0.6) is 5.88 Å². The van der Waals surface area contributed by atoms with Crippen LogP contribution in [0.2, 0.25) is 0 Å². The maximum absolute atomic E-state index is 10.5. The summed E-state index contributed by atoms with van der Waals surface area (Å²) in [5, 5.41) is 8.59. The van der Waals surface area contributed by atoms with E-state index in [0.717, 1.165) is 0 Å². The molecular weight excluding hydrogens is 184 g/mol. The molecule has 0 aromatic carbocycles. The first-order valence-electron chi connectivity index (χ1n) is 4.28. The number of rotatable bonds is 4. The van der Waals surface area contributed by atoms with Crippen LogP contribution in [0.1, 0.15) is 18.4 Å². The highest BCUT2D eigenvalue weighted by molar-refractivity contribution is 5.69. The van der Waals surface area contributed by atoms with Gasteiger partial charge >= 0.3 is 5.97 Å². The van der Waals surface area contributed by atoms with Crippen molar-refractivity contribution < 1.29 is 14.6 Å². The third-order valence-electron chi connectivity index (χ3n) is 1.66. The Labute approximate surface area is 81.8 Å². The lowest BCUT2D eigenvalue weighted by molar-refractivity contribution is -0.136. The number of aryl methyl sites for hydroxylation is 1. The molecule has 14 heavy (non-hydrogen) atoms. The van der Waals surface area contributed by atoms with Gasteiger partial charge in [0.15, 0.2) is 0 Å². The minimum absolute atomic E-state index is 0.105. The summed E-state index contributed by atoms with van der Waals surface area (Å²) in [6, 6.07) is 1.54. The van der Waals surface area contributed by atoms with E-state index in [1.807, 2.05) is 6.92 Å². The number of hydrogen-bond acceptors (Lipinski definition) is 4. The van der Waals surface area contributed by atoms with E-state index in [1.165, 1.54) is 13.2 Å². The summed E-state index contributed by atoms with van der Waals surface area (Å²) >= 11 is 0. The molecule has 0 saturated heterocycles. The lowest BCUT2D eigenvalue weighted by Gasteiger charge is -2.03. The molecule has 0 spiro atoms. The van der Waals surface area contributed by atoms with E-state index in [0.29, 0.717) is 23.8 Å². The van der Waals surface area contributed by atoms with Crippen LogP contribution >= 0.6 is 0 Å². The first-order valence-corrected chi connectivity index (χ1v) is 4.28. The second-order valence-electron chi connectivity index (χ2n) is 2.74. The van der Waals surface area contributed by atoms with E-state index in [9.17, 15) is 4.79 Å². The lowest BCUT2D eigenvalue weighted by Crippen LogP contribution is -2.06. The zero-order valence-corrected chi connectivity index (χ0v) is 8.15. The van der Waals surface area contributed by atoms with Crippen LogP contribution < -0.4 is 4.74 Å². The van der Waals surface area contributed by atoms with E-state index < -0.39 is 5.97 Å². The van der Waals surface area contributed by atoms with Crippen LogP contribution in [0, 0.1) is 0 Å². The van der Waals surface area contributed by atoms with E-state index in [4.69, 9.17) is 9.84 Å². The van der Waals surface area contributed by atoms with Gasteiger partial charge in [-0.2, -0.15) is 4.98 Å².